The molecule has 1 saturated carbocycles. The van der Waals surface area contributed by atoms with Crippen molar-refractivity contribution in [1.82, 2.24) is 13.9 Å². The molecule has 3 nitrogen and oxygen atoms in total. The van der Waals surface area contributed by atoms with Gasteiger partial charge in [0.05, 0.1) is 9.92 Å². The zero-order valence-corrected chi connectivity index (χ0v) is 15.8. The molecule has 2 heterocycles. The summed E-state index contributed by atoms with van der Waals surface area (Å²) in [7, 11) is 2.04. The highest BCUT2D eigenvalue weighted by atomic mass is 35.5. The summed E-state index contributed by atoms with van der Waals surface area (Å²) < 4.78 is 18.4. The van der Waals surface area contributed by atoms with E-state index in [4.69, 9.17) is 11.6 Å². The van der Waals surface area contributed by atoms with Crippen molar-refractivity contribution in [3.05, 3.63) is 41.4 Å². The van der Waals surface area contributed by atoms with Gasteiger partial charge in [0.25, 0.3) is 0 Å². The van der Waals surface area contributed by atoms with Crippen molar-refractivity contribution in [2.75, 3.05) is 13.1 Å². The molecular weight excluding hydrogens is 365 g/mol. The second-order valence-electron chi connectivity index (χ2n) is 6.54. The van der Waals surface area contributed by atoms with Crippen LogP contribution in [-0.4, -0.2) is 32.2 Å². The van der Waals surface area contributed by atoms with Crippen molar-refractivity contribution in [3.63, 3.8) is 0 Å². The molecule has 3 atom stereocenters. The number of halogens is 2. The van der Waals surface area contributed by atoms with Crippen LogP contribution in [0.4, 0.5) is 4.39 Å². The van der Waals surface area contributed by atoms with Gasteiger partial charge in [-0.25, -0.2) is 13.7 Å². The van der Waals surface area contributed by atoms with Crippen LogP contribution in [0.25, 0.3) is 0 Å². The lowest BCUT2D eigenvalue weighted by atomic mass is 10.0. The Morgan fingerprint density at radius 1 is 1.25 bits per heavy atom. The molecule has 2 unspecified atom stereocenters. The summed E-state index contributed by atoms with van der Waals surface area (Å²) in [4.78, 5) is 5.05. The van der Waals surface area contributed by atoms with E-state index in [2.05, 4.69) is 13.9 Å². The fraction of sp³-hybridized carbons (Fsp3) is 0.471. The summed E-state index contributed by atoms with van der Waals surface area (Å²) >= 11 is 9.29. The second kappa shape index (κ2) is 6.90. The van der Waals surface area contributed by atoms with Crippen LogP contribution in [0.2, 0.25) is 5.02 Å². The molecule has 128 valence electrons. The maximum absolute atomic E-state index is 14.1. The molecule has 4 rings (SSSR count). The van der Waals surface area contributed by atoms with Gasteiger partial charge in [-0.15, -0.1) is 0 Å². The average molecular weight is 384 g/mol. The van der Waals surface area contributed by atoms with Crippen LogP contribution in [0.1, 0.15) is 12.8 Å². The third-order valence-corrected chi connectivity index (χ3v) is 7.55. The minimum atomic E-state index is -0.301. The molecule has 1 aliphatic heterocycles. The Morgan fingerprint density at radius 3 is 2.67 bits per heavy atom. The largest absolute Gasteiger partial charge is 0.329 e. The Balaban J connectivity index is 1.34. The molecule has 0 radical (unpaired) electrons. The number of aromatic nitrogens is 2. The van der Waals surface area contributed by atoms with Gasteiger partial charge >= 0.3 is 0 Å². The highest BCUT2D eigenvalue weighted by molar-refractivity contribution is 7.99. The van der Waals surface area contributed by atoms with E-state index in [1.54, 1.807) is 12.1 Å². The maximum atomic E-state index is 14.1. The summed E-state index contributed by atoms with van der Waals surface area (Å²) in [6.45, 7) is 2.05. The third kappa shape index (κ3) is 3.34. The van der Waals surface area contributed by atoms with Gasteiger partial charge in [0, 0.05) is 37.8 Å². The molecule has 1 saturated heterocycles. The zero-order valence-electron chi connectivity index (χ0n) is 13.4. The monoisotopic (exact) mass is 383 g/mol. The summed E-state index contributed by atoms with van der Waals surface area (Å²) in [5.74, 6) is 1.11. The molecule has 0 N–H and O–H groups in total. The molecule has 0 spiro atoms. The Morgan fingerprint density at radius 2 is 2.00 bits per heavy atom. The molecule has 2 aliphatic rings. The van der Waals surface area contributed by atoms with Crippen LogP contribution in [0.15, 0.2) is 40.6 Å². The first-order chi connectivity index (χ1) is 11.6. The number of imidazole rings is 1. The van der Waals surface area contributed by atoms with E-state index in [-0.39, 0.29) is 10.8 Å². The molecule has 2 aromatic rings. The van der Waals surface area contributed by atoms with Crippen molar-refractivity contribution in [2.45, 2.75) is 28.1 Å². The number of benzene rings is 1. The number of hydrogen-bond donors (Lipinski definition) is 0. The number of rotatable bonds is 4. The van der Waals surface area contributed by atoms with Crippen molar-refractivity contribution in [3.8, 4) is 0 Å². The molecule has 0 amide bonds. The molecular formula is C17H19ClFN3S2. The van der Waals surface area contributed by atoms with Gasteiger partial charge in [0.1, 0.15) is 0 Å². The van der Waals surface area contributed by atoms with Gasteiger partial charge in [0.2, 0.25) is 0 Å². The smallest absolute Gasteiger partial charge is 0.167 e. The van der Waals surface area contributed by atoms with E-state index >= 15 is 0 Å². The van der Waals surface area contributed by atoms with E-state index < -0.39 is 0 Å². The molecule has 2 fully saturated rings. The van der Waals surface area contributed by atoms with Crippen molar-refractivity contribution < 1.29 is 4.39 Å². The Hall–Kier alpha value is -0.690. The third-order valence-electron chi connectivity index (χ3n) is 4.87. The summed E-state index contributed by atoms with van der Waals surface area (Å²) in [5.41, 5.74) is 0. The van der Waals surface area contributed by atoms with Crippen LogP contribution in [0, 0.1) is 17.7 Å². The first kappa shape index (κ1) is 16.8. The Bertz CT molecular complexity index is 724. The van der Waals surface area contributed by atoms with Gasteiger partial charge in [-0.05, 0) is 48.8 Å². The quantitative estimate of drug-likeness (QED) is 0.711. The van der Waals surface area contributed by atoms with Crippen LogP contribution >= 0.6 is 35.3 Å². The lowest BCUT2D eigenvalue weighted by Gasteiger charge is -2.18. The molecule has 1 aromatic carbocycles. The highest BCUT2D eigenvalue weighted by Crippen LogP contribution is 2.47. The van der Waals surface area contributed by atoms with E-state index in [0.717, 1.165) is 18.2 Å². The van der Waals surface area contributed by atoms with Crippen LogP contribution in [-0.2, 0) is 7.05 Å². The minimum Gasteiger partial charge on any atom is -0.329 e. The van der Waals surface area contributed by atoms with Crippen molar-refractivity contribution in [2.24, 2.45) is 18.9 Å². The van der Waals surface area contributed by atoms with Crippen molar-refractivity contribution in [1.29, 1.82) is 0 Å². The Kier molecular flexibility index (Phi) is 4.82. The lowest BCUT2D eigenvalue weighted by molar-refractivity contribution is 0.494. The summed E-state index contributed by atoms with van der Waals surface area (Å²) in [6, 6.07) is 5.21. The average Bonchev–Trinajstić information content (AvgIpc) is 3.20. The van der Waals surface area contributed by atoms with E-state index in [1.165, 1.54) is 24.8 Å². The molecule has 1 aliphatic carbocycles. The first-order valence-electron chi connectivity index (χ1n) is 8.11. The van der Waals surface area contributed by atoms with E-state index in [0.29, 0.717) is 22.0 Å². The molecule has 0 bridgehead atoms. The van der Waals surface area contributed by atoms with Gasteiger partial charge in [0.15, 0.2) is 11.0 Å². The Labute approximate surface area is 155 Å². The number of aryl methyl sites for hydroxylation is 1. The fourth-order valence-corrected chi connectivity index (χ4v) is 6.38. The lowest BCUT2D eigenvalue weighted by Crippen LogP contribution is -2.15. The topological polar surface area (TPSA) is 21.1 Å². The predicted molar refractivity (Wildman–Crippen MR) is 97.9 cm³/mol. The fourth-order valence-electron chi connectivity index (χ4n) is 3.68. The second-order valence-corrected chi connectivity index (χ2v) is 9.36. The van der Waals surface area contributed by atoms with Gasteiger partial charge < -0.3 is 4.57 Å². The standard InChI is InChI=1S/C17H19ClFN3S2/c1-21-6-5-20-17(21)23-13-7-11-9-22(10-12(11)8-13)24-15-4-2-3-14(18)16(15)19/h2-6,11-13H,7-10H2,1H3/t11-,12?,13?/m1/s1. The number of nitrogens with zero attached hydrogens (tertiary/aromatic N) is 3. The van der Waals surface area contributed by atoms with Gasteiger partial charge in [-0.2, -0.15) is 0 Å². The predicted octanol–water partition coefficient (Wildman–Crippen LogP) is 4.72. The minimum absolute atomic E-state index is 0.200. The maximum Gasteiger partial charge on any atom is 0.167 e. The zero-order chi connectivity index (χ0) is 16.7. The van der Waals surface area contributed by atoms with Gasteiger partial charge in [-0.1, -0.05) is 29.4 Å². The van der Waals surface area contributed by atoms with Crippen molar-refractivity contribution >= 4 is 35.3 Å². The van der Waals surface area contributed by atoms with Crippen LogP contribution < -0.4 is 0 Å². The SMILES string of the molecule is Cn1ccnc1SC1CC2CN(Sc3cccc(Cl)c3F)C[C@H]2C1. The van der Waals surface area contributed by atoms with E-state index in [1.807, 2.05) is 37.3 Å². The van der Waals surface area contributed by atoms with Crippen LogP contribution in [0.3, 0.4) is 0 Å². The summed E-state index contributed by atoms with van der Waals surface area (Å²) in [6.07, 6.45) is 6.29. The molecule has 1 aromatic heterocycles. The number of hydrogen-bond acceptors (Lipinski definition) is 4. The molecule has 7 heteroatoms. The number of fused-ring (bicyclic) bond motifs is 1. The van der Waals surface area contributed by atoms with Gasteiger partial charge in [-0.3, -0.25) is 0 Å². The number of thioether (sulfide) groups is 1. The van der Waals surface area contributed by atoms with E-state index in [9.17, 15) is 4.39 Å². The summed E-state index contributed by atoms with van der Waals surface area (Å²) in [5, 5.41) is 1.95. The first-order valence-corrected chi connectivity index (χ1v) is 10.1. The highest BCUT2D eigenvalue weighted by Gasteiger charge is 2.42. The molecule has 24 heavy (non-hydrogen) atoms. The van der Waals surface area contributed by atoms with Crippen LogP contribution in [0.5, 0.6) is 0 Å². The normalized spacial score (nSPS) is 26.9.